The van der Waals surface area contributed by atoms with Gasteiger partial charge in [0.2, 0.25) is 0 Å². The zero-order valence-electron chi connectivity index (χ0n) is 13.5. The van der Waals surface area contributed by atoms with Gasteiger partial charge in [-0.15, -0.1) is 0 Å². The van der Waals surface area contributed by atoms with Gasteiger partial charge in [0, 0.05) is 16.2 Å². The van der Waals surface area contributed by atoms with E-state index in [1.54, 1.807) is 0 Å². The SMILES string of the molecule is Cc1ccc2cc3c(oc2c1)c(C#N)c(=N)n1c2ccccc2cc31. The monoisotopic (exact) mass is 323 g/mol. The molecule has 0 atom stereocenters. The van der Waals surface area contributed by atoms with Crippen molar-refractivity contribution in [3.05, 3.63) is 71.2 Å². The molecule has 5 rings (SSSR count). The average Bonchev–Trinajstić information content (AvgIpc) is 3.01. The third-order valence-electron chi connectivity index (χ3n) is 4.71. The Kier molecular flexibility index (Phi) is 2.61. The summed E-state index contributed by atoms with van der Waals surface area (Å²) in [6.07, 6.45) is 0. The zero-order valence-corrected chi connectivity index (χ0v) is 13.5. The van der Waals surface area contributed by atoms with Crippen LogP contribution in [0.4, 0.5) is 0 Å². The lowest BCUT2D eigenvalue weighted by Gasteiger charge is -2.08. The Hall–Kier alpha value is -3.58. The van der Waals surface area contributed by atoms with Crippen LogP contribution in [0.5, 0.6) is 0 Å². The van der Waals surface area contributed by atoms with Crippen LogP contribution in [0.3, 0.4) is 0 Å². The normalized spacial score (nSPS) is 11.5. The molecule has 0 bridgehead atoms. The number of para-hydroxylation sites is 1. The lowest BCUT2D eigenvalue weighted by atomic mass is 10.1. The number of hydrogen-bond acceptors (Lipinski definition) is 3. The van der Waals surface area contributed by atoms with Crippen molar-refractivity contribution in [1.29, 1.82) is 10.7 Å². The van der Waals surface area contributed by atoms with Gasteiger partial charge in [0.1, 0.15) is 17.2 Å². The molecule has 3 heterocycles. The standard InChI is InChI=1S/C21H13N3O/c1-12-6-7-14-9-15-18-10-13-4-2-3-5-17(13)24(18)21(23)16(11-22)20(15)25-19(14)8-12/h2-10,23H,1H3. The van der Waals surface area contributed by atoms with Crippen molar-refractivity contribution in [2.24, 2.45) is 0 Å². The van der Waals surface area contributed by atoms with E-state index < -0.39 is 0 Å². The maximum absolute atomic E-state index is 9.67. The lowest BCUT2D eigenvalue weighted by molar-refractivity contribution is 0.657. The van der Waals surface area contributed by atoms with Crippen LogP contribution < -0.4 is 5.49 Å². The molecular formula is C21H13N3O. The summed E-state index contributed by atoms with van der Waals surface area (Å²) >= 11 is 0. The average molecular weight is 323 g/mol. The van der Waals surface area contributed by atoms with Crippen LogP contribution in [0.2, 0.25) is 0 Å². The summed E-state index contributed by atoms with van der Waals surface area (Å²) in [5.41, 5.74) is 4.50. The summed E-state index contributed by atoms with van der Waals surface area (Å²) in [6, 6.07) is 20.2. The van der Waals surface area contributed by atoms with E-state index in [1.807, 2.05) is 65.9 Å². The summed E-state index contributed by atoms with van der Waals surface area (Å²) < 4.78 is 7.90. The van der Waals surface area contributed by atoms with Crippen LogP contribution in [0.1, 0.15) is 11.1 Å². The summed E-state index contributed by atoms with van der Waals surface area (Å²) in [6.45, 7) is 2.00. The molecule has 0 saturated carbocycles. The van der Waals surface area contributed by atoms with Crippen LogP contribution in [0.25, 0.3) is 38.4 Å². The Morgan fingerprint density at radius 1 is 1.00 bits per heavy atom. The Morgan fingerprint density at radius 3 is 2.68 bits per heavy atom. The number of benzene rings is 2. The third-order valence-corrected chi connectivity index (χ3v) is 4.71. The Bertz CT molecular complexity index is 1430. The molecule has 4 heteroatoms. The van der Waals surface area contributed by atoms with E-state index in [-0.39, 0.29) is 11.1 Å². The predicted molar refractivity (Wildman–Crippen MR) is 97.5 cm³/mol. The van der Waals surface area contributed by atoms with Crippen molar-refractivity contribution < 1.29 is 4.42 Å². The van der Waals surface area contributed by atoms with Gasteiger partial charge in [-0.3, -0.25) is 9.81 Å². The summed E-state index contributed by atoms with van der Waals surface area (Å²) in [5.74, 6) is 0. The number of nitriles is 1. The summed E-state index contributed by atoms with van der Waals surface area (Å²) in [5, 5.41) is 21.1. The molecule has 0 radical (unpaired) electrons. The first kappa shape index (κ1) is 13.8. The Balaban J connectivity index is 2.13. The van der Waals surface area contributed by atoms with Crippen molar-refractivity contribution in [3.63, 3.8) is 0 Å². The number of aryl methyl sites for hydroxylation is 1. The van der Waals surface area contributed by atoms with Gasteiger partial charge in [-0.1, -0.05) is 30.3 Å². The molecule has 25 heavy (non-hydrogen) atoms. The van der Waals surface area contributed by atoms with Gasteiger partial charge in [-0.2, -0.15) is 5.26 Å². The van der Waals surface area contributed by atoms with E-state index in [0.717, 1.165) is 38.3 Å². The molecule has 1 N–H and O–H groups in total. The van der Waals surface area contributed by atoms with Crippen molar-refractivity contribution in [2.45, 2.75) is 6.92 Å². The number of aromatic nitrogens is 1. The first-order valence-electron chi connectivity index (χ1n) is 8.02. The van der Waals surface area contributed by atoms with Crippen LogP contribution in [-0.4, -0.2) is 4.40 Å². The predicted octanol–water partition coefficient (Wildman–Crippen LogP) is 4.65. The fourth-order valence-corrected chi connectivity index (χ4v) is 3.53. The van der Waals surface area contributed by atoms with Gasteiger partial charge in [-0.25, -0.2) is 0 Å². The molecule has 0 saturated heterocycles. The van der Waals surface area contributed by atoms with E-state index in [4.69, 9.17) is 9.83 Å². The minimum absolute atomic E-state index is 0.155. The fourth-order valence-electron chi connectivity index (χ4n) is 3.53. The molecule has 0 aliphatic heterocycles. The number of nitrogens with one attached hydrogen (secondary N) is 1. The number of nitrogens with zero attached hydrogens (tertiary/aromatic N) is 2. The quantitative estimate of drug-likeness (QED) is 0.421. The zero-order chi connectivity index (χ0) is 17.1. The van der Waals surface area contributed by atoms with Gasteiger partial charge >= 0.3 is 0 Å². The molecule has 118 valence electrons. The highest BCUT2D eigenvalue weighted by Gasteiger charge is 2.16. The van der Waals surface area contributed by atoms with Gasteiger partial charge in [0.05, 0.1) is 11.0 Å². The van der Waals surface area contributed by atoms with Crippen LogP contribution in [-0.2, 0) is 0 Å². The molecule has 5 aromatic rings. The second-order valence-electron chi connectivity index (χ2n) is 6.29. The van der Waals surface area contributed by atoms with Gasteiger partial charge in [0.25, 0.3) is 0 Å². The molecule has 4 nitrogen and oxygen atoms in total. The van der Waals surface area contributed by atoms with Crippen LogP contribution in [0, 0.1) is 23.7 Å². The van der Waals surface area contributed by atoms with Gasteiger partial charge in [-0.05, 0) is 36.8 Å². The summed E-state index contributed by atoms with van der Waals surface area (Å²) in [7, 11) is 0. The Morgan fingerprint density at radius 2 is 1.84 bits per heavy atom. The van der Waals surface area contributed by atoms with E-state index >= 15 is 0 Å². The summed E-state index contributed by atoms with van der Waals surface area (Å²) in [4.78, 5) is 0. The third kappa shape index (κ3) is 1.78. The van der Waals surface area contributed by atoms with E-state index in [1.165, 1.54) is 0 Å². The van der Waals surface area contributed by atoms with Crippen molar-refractivity contribution in [2.75, 3.05) is 0 Å². The molecule has 2 aromatic carbocycles. The molecular weight excluding hydrogens is 310 g/mol. The second-order valence-corrected chi connectivity index (χ2v) is 6.29. The first-order valence-corrected chi connectivity index (χ1v) is 8.02. The highest BCUT2D eigenvalue weighted by atomic mass is 16.3. The number of pyridine rings is 1. The first-order chi connectivity index (χ1) is 12.2. The smallest absolute Gasteiger partial charge is 0.158 e. The molecule has 3 aromatic heterocycles. The van der Waals surface area contributed by atoms with Crippen LogP contribution >= 0.6 is 0 Å². The molecule has 0 spiro atoms. The van der Waals surface area contributed by atoms with Crippen molar-refractivity contribution in [3.8, 4) is 6.07 Å². The van der Waals surface area contributed by atoms with Crippen molar-refractivity contribution in [1.82, 2.24) is 4.40 Å². The molecule has 0 unspecified atom stereocenters. The van der Waals surface area contributed by atoms with Crippen LogP contribution in [0.15, 0.2) is 59.0 Å². The number of fused-ring (bicyclic) bond motifs is 6. The van der Waals surface area contributed by atoms with E-state index in [2.05, 4.69) is 6.07 Å². The molecule has 0 aliphatic carbocycles. The van der Waals surface area contributed by atoms with E-state index in [9.17, 15) is 5.26 Å². The lowest BCUT2D eigenvalue weighted by Crippen LogP contribution is -2.16. The second kappa shape index (κ2) is 4.71. The highest BCUT2D eigenvalue weighted by molar-refractivity contribution is 6.05. The molecule has 0 amide bonds. The van der Waals surface area contributed by atoms with Crippen molar-refractivity contribution >= 4 is 38.4 Å². The molecule has 0 aliphatic rings. The minimum Gasteiger partial charge on any atom is -0.454 e. The van der Waals surface area contributed by atoms with Gasteiger partial charge in [0.15, 0.2) is 11.1 Å². The maximum Gasteiger partial charge on any atom is 0.158 e. The Labute approximate surface area is 142 Å². The maximum atomic E-state index is 9.67. The number of rotatable bonds is 0. The van der Waals surface area contributed by atoms with Gasteiger partial charge < -0.3 is 4.42 Å². The fraction of sp³-hybridized carbons (Fsp3) is 0.0476. The molecule has 0 fully saturated rings. The largest absolute Gasteiger partial charge is 0.454 e. The van der Waals surface area contributed by atoms with E-state index in [0.29, 0.717) is 5.58 Å². The topological polar surface area (TPSA) is 65.2 Å². The number of hydrogen-bond donors (Lipinski definition) is 1. The highest BCUT2D eigenvalue weighted by Crippen LogP contribution is 2.30. The minimum atomic E-state index is 0.155.